The monoisotopic (exact) mass is 561 g/mol. The lowest BCUT2D eigenvalue weighted by molar-refractivity contribution is -0.140. The van der Waals surface area contributed by atoms with Gasteiger partial charge in [0.15, 0.2) is 0 Å². The topological polar surface area (TPSA) is 86.8 Å². The number of hydrogen-bond donors (Lipinski definition) is 1. The van der Waals surface area contributed by atoms with Gasteiger partial charge in [0.05, 0.1) is 10.6 Å². The molecule has 196 valence electrons. The summed E-state index contributed by atoms with van der Waals surface area (Å²) in [5, 5.41) is 3.53. The molecule has 0 saturated heterocycles. The van der Waals surface area contributed by atoms with E-state index < -0.39 is 28.5 Å². The minimum atomic E-state index is -4.14. The lowest BCUT2D eigenvalue weighted by Crippen LogP contribution is -2.51. The van der Waals surface area contributed by atoms with E-state index in [-0.39, 0.29) is 17.3 Å². The van der Waals surface area contributed by atoms with Crippen molar-refractivity contribution in [2.75, 3.05) is 17.9 Å². The van der Waals surface area contributed by atoms with Crippen molar-refractivity contribution in [1.82, 2.24) is 10.2 Å². The molecule has 0 saturated carbocycles. The summed E-state index contributed by atoms with van der Waals surface area (Å²) in [6.07, 6.45) is 0.341. The second-order valence-electron chi connectivity index (χ2n) is 8.49. The summed E-state index contributed by atoms with van der Waals surface area (Å²) < 4.78 is 28.6. The number of aryl methyl sites for hydroxylation is 1. The molecule has 0 radical (unpaired) electrons. The number of benzene rings is 3. The number of likely N-dealkylation sites (N-methyl/N-ethyl adjacent to an activating group) is 1. The normalized spacial score (nSPS) is 12.0. The molecule has 0 fully saturated rings. The minimum absolute atomic E-state index is 0.00574. The molecule has 3 aromatic rings. The van der Waals surface area contributed by atoms with Gasteiger partial charge in [-0.1, -0.05) is 54.4 Å². The minimum Gasteiger partial charge on any atom is -0.357 e. The van der Waals surface area contributed by atoms with Gasteiger partial charge in [0.25, 0.3) is 10.0 Å². The van der Waals surface area contributed by atoms with Gasteiger partial charge in [0, 0.05) is 23.6 Å². The molecule has 0 bridgehead atoms. The van der Waals surface area contributed by atoms with Gasteiger partial charge in [-0.25, -0.2) is 8.42 Å². The standard InChI is InChI=1S/C27H29Cl2N3O4S/c1-4-25(27(34)30-3)31(17-20-8-10-21(28)11-9-20)26(33)18-32(23-7-5-6-19(2)16-23)37(35,36)24-14-12-22(29)13-15-24/h5-16,25H,4,17-18H2,1-3H3,(H,30,34)/t25-/m1/s1. The molecule has 0 spiro atoms. The van der Waals surface area contributed by atoms with Gasteiger partial charge in [0.1, 0.15) is 12.6 Å². The fourth-order valence-corrected chi connectivity index (χ4v) is 5.58. The van der Waals surface area contributed by atoms with Crippen LogP contribution in [0.1, 0.15) is 24.5 Å². The summed E-state index contributed by atoms with van der Waals surface area (Å²) in [5.41, 5.74) is 1.92. The molecule has 0 aliphatic rings. The quantitative estimate of drug-likeness (QED) is 0.375. The van der Waals surface area contributed by atoms with Crippen LogP contribution in [0.3, 0.4) is 0 Å². The Kier molecular flexibility index (Phi) is 9.59. The Labute approximate surface area is 228 Å². The highest BCUT2D eigenvalue weighted by atomic mass is 35.5. The Morgan fingerprint density at radius 1 is 0.946 bits per heavy atom. The fourth-order valence-electron chi connectivity index (χ4n) is 3.92. The maximum absolute atomic E-state index is 13.8. The molecule has 0 aliphatic carbocycles. The number of nitrogens with zero attached hydrogens (tertiary/aromatic N) is 2. The summed E-state index contributed by atoms with van der Waals surface area (Å²) >= 11 is 12.0. The number of rotatable bonds is 10. The fraction of sp³-hybridized carbons (Fsp3) is 0.259. The summed E-state index contributed by atoms with van der Waals surface area (Å²) in [4.78, 5) is 27.9. The van der Waals surface area contributed by atoms with Crippen molar-refractivity contribution in [2.45, 2.75) is 37.8 Å². The molecule has 10 heteroatoms. The summed E-state index contributed by atoms with van der Waals surface area (Å²) in [6, 6.07) is 18.8. The third kappa shape index (κ3) is 7.03. The van der Waals surface area contributed by atoms with Gasteiger partial charge in [0.2, 0.25) is 11.8 Å². The number of carbonyl (C=O) groups excluding carboxylic acids is 2. The van der Waals surface area contributed by atoms with E-state index in [0.29, 0.717) is 22.2 Å². The van der Waals surface area contributed by atoms with Gasteiger partial charge in [-0.05, 0) is 73.0 Å². The van der Waals surface area contributed by atoms with Crippen LogP contribution in [-0.2, 0) is 26.2 Å². The molecule has 0 aliphatic heterocycles. The number of hydrogen-bond acceptors (Lipinski definition) is 4. The van der Waals surface area contributed by atoms with Crippen LogP contribution >= 0.6 is 23.2 Å². The van der Waals surface area contributed by atoms with Crippen LogP contribution in [-0.4, -0.2) is 44.8 Å². The second kappa shape index (κ2) is 12.4. The van der Waals surface area contributed by atoms with Crippen molar-refractivity contribution >= 4 is 50.7 Å². The average molecular weight is 563 g/mol. The number of carbonyl (C=O) groups is 2. The zero-order valence-electron chi connectivity index (χ0n) is 20.8. The highest BCUT2D eigenvalue weighted by Gasteiger charge is 2.33. The van der Waals surface area contributed by atoms with E-state index in [2.05, 4.69) is 5.32 Å². The summed E-state index contributed by atoms with van der Waals surface area (Å²) in [6.45, 7) is 3.23. The summed E-state index contributed by atoms with van der Waals surface area (Å²) in [7, 11) is -2.64. The Morgan fingerprint density at radius 3 is 2.08 bits per heavy atom. The molecule has 3 rings (SSSR count). The van der Waals surface area contributed by atoms with Gasteiger partial charge >= 0.3 is 0 Å². The van der Waals surface area contributed by atoms with Gasteiger partial charge in [-0.3, -0.25) is 13.9 Å². The van der Waals surface area contributed by atoms with Gasteiger partial charge < -0.3 is 10.2 Å². The van der Waals surface area contributed by atoms with Gasteiger partial charge in [-0.2, -0.15) is 0 Å². The molecule has 0 aromatic heterocycles. The maximum Gasteiger partial charge on any atom is 0.264 e. The first kappa shape index (κ1) is 28.5. The Hall–Kier alpha value is -3.07. The lowest BCUT2D eigenvalue weighted by atomic mass is 10.1. The number of sulfonamides is 1. The van der Waals surface area contributed by atoms with Crippen molar-refractivity contribution in [2.24, 2.45) is 0 Å². The molecule has 37 heavy (non-hydrogen) atoms. The third-order valence-corrected chi connectivity index (χ3v) is 8.16. The predicted octanol–water partition coefficient (Wildman–Crippen LogP) is 5.05. The Balaban J connectivity index is 2.05. The van der Waals surface area contributed by atoms with Crippen LogP contribution < -0.4 is 9.62 Å². The smallest absolute Gasteiger partial charge is 0.264 e. The van der Waals surface area contributed by atoms with Crippen molar-refractivity contribution in [1.29, 1.82) is 0 Å². The zero-order valence-corrected chi connectivity index (χ0v) is 23.1. The van der Waals surface area contributed by atoms with E-state index in [4.69, 9.17) is 23.2 Å². The van der Waals surface area contributed by atoms with E-state index in [9.17, 15) is 18.0 Å². The molecular weight excluding hydrogens is 533 g/mol. The second-order valence-corrected chi connectivity index (χ2v) is 11.2. The van der Waals surface area contributed by atoms with E-state index in [0.717, 1.165) is 15.4 Å². The highest BCUT2D eigenvalue weighted by Crippen LogP contribution is 2.26. The van der Waals surface area contributed by atoms with Crippen molar-refractivity contribution in [3.8, 4) is 0 Å². The average Bonchev–Trinajstić information content (AvgIpc) is 2.88. The highest BCUT2D eigenvalue weighted by molar-refractivity contribution is 7.92. The molecule has 3 aromatic carbocycles. The van der Waals surface area contributed by atoms with Crippen molar-refractivity contribution in [3.63, 3.8) is 0 Å². The van der Waals surface area contributed by atoms with Crippen LogP contribution in [0.15, 0.2) is 77.7 Å². The molecule has 0 heterocycles. The number of nitrogens with one attached hydrogen (secondary N) is 1. The molecule has 1 N–H and O–H groups in total. The van der Waals surface area contributed by atoms with Crippen LogP contribution in [0, 0.1) is 6.92 Å². The number of anilines is 1. The SMILES string of the molecule is CC[C@H](C(=O)NC)N(Cc1ccc(Cl)cc1)C(=O)CN(c1cccc(C)c1)S(=O)(=O)c1ccc(Cl)cc1. The maximum atomic E-state index is 13.8. The van der Waals surface area contributed by atoms with Crippen LogP contribution in [0.5, 0.6) is 0 Å². The van der Waals surface area contributed by atoms with Gasteiger partial charge in [-0.15, -0.1) is 0 Å². The Morgan fingerprint density at radius 2 is 1.54 bits per heavy atom. The molecule has 2 amide bonds. The molecule has 7 nitrogen and oxygen atoms in total. The predicted molar refractivity (Wildman–Crippen MR) is 147 cm³/mol. The van der Waals surface area contributed by atoms with Crippen LogP contribution in [0.4, 0.5) is 5.69 Å². The van der Waals surface area contributed by atoms with Crippen molar-refractivity contribution < 1.29 is 18.0 Å². The third-order valence-electron chi connectivity index (χ3n) is 5.87. The molecule has 0 unspecified atom stereocenters. The van der Waals surface area contributed by atoms with E-state index in [1.54, 1.807) is 49.4 Å². The molecular formula is C27H29Cl2N3O4S. The lowest BCUT2D eigenvalue weighted by Gasteiger charge is -2.33. The van der Waals surface area contributed by atoms with Crippen LogP contribution in [0.25, 0.3) is 0 Å². The Bertz CT molecular complexity index is 1350. The van der Waals surface area contributed by atoms with E-state index in [1.165, 1.54) is 36.2 Å². The summed E-state index contributed by atoms with van der Waals surface area (Å²) in [5.74, 6) is -0.864. The first-order valence-electron chi connectivity index (χ1n) is 11.7. The van der Waals surface area contributed by atoms with E-state index in [1.807, 2.05) is 13.0 Å². The van der Waals surface area contributed by atoms with Crippen molar-refractivity contribution in [3.05, 3.63) is 94.0 Å². The first-order valence-corrected chi connectivity index (χ1v) is 13.9. The molecule has 1 atom stereocenters. The largest absolute Gasteiger partial charge is 0.357 e. The zero-order chi connectivity index (χ0) is 27.2. The first-order chi connectivity index (χ1) is 17.6. The van der Waals surface area contributed by atoms with Crippen LogP contribution in [0.2, 0.25) is 10.0 Å². The van der Waals surface area contributed by atoms with E-state index >= 15 is 0 Å². The number of halogens is 2. The number of amides is 2.